The van der Waals surface area contributed by atoms with E-state index >= 15 is 0 Å². The van der Waals surface area contributed by atoms with Crippen LogP contribution < -0.4 is 10.0 Å². The smallest absolute Gasteiger partial charge is 0.283 e. The molecule has 0 fully saturated rings. The van der Waals surface area contributed by atoms with E-state index < -0.39 is 10.0 Å². The number of hydrogen-bond acceptors (Lipinski definition) is 5. The highest BCUT2D eigenvalue weighted by molar-refractivity contribution is 7.92. The summed E-state index contributed by atoms with van der Waals surface area (Å²) in [4.78, 5) is 0. The summed E-state index contributed by atoms with van der Waals surface area (Å²) < 4.78 is 27.8. The Kier molecular flexibility index (Phi) is 4.40. The second kappa shape index (κ2) is 5.92. The molecule has 0 spiro atoms. The van der Waals surface area contributed by atoms with Gasteiger partial charge in [-0.2, -0.15) is 13.5 Å². The summed E-state index contributed by atoms with van der Waals surface area (Å²) in [5.74, 6) is 0. The number of nitrogen functional groups attached to an aromatic ring is 1. The standard InChI is InChI=1S/C12H15ClN4O3S/c1-16-12(9(13)8-15-16)21(19,20)17(6-7-18)11-5-3-2-4-10(11)14/h2-5,8,18H,6-7,14H2,1H3. The zero-order chi connectivity index (χ0) is 15.6. The molecule has 7 nitrogen and oxygen atoms in total. The number of hydrogen-bond donors (Lipinski definition) is 2. The largest absolute Gasteiger partial charge is 0.397 e. The van der Waals surface area contributed by atoms with Crippen molar-refractivity contribution in [3.63, 3.8) is 0 Å². The summed E-state index contributed by atoms with van der Waals surface area (Å²) in [5.41, 5.74) is 6.40. The molecule has 0 amide bonds. The Labute approximate surface area is 127 Å². The maximum Gasteiger partial charge on any atom is 0.283 e. The van der Waals surface area contributed by atoms with Gasteiger partial charge in [0, 0.05) is 7.05 Å². The monoisotopic (exact) mass is 330 g/mol. The van der Waals surface area contributed by atoms with Crippen molar-refractivity contribution in [1.82, 2.24) is 9.78 Å². The van der Waals surface area contributed by atoms with Crippen molar-refractivity contribution in [2.24, 2.45) is 7.05 Å². The van der Waals surface area contributed by atoms with Gasteiger partial charge in [0.1, 0.15) is 0 Å². The zero-order valence-corrected chi connectivity index (χ0v) is 12.8. The number of aryl methyl sites for hydroxylation is 1. The average molecular weight is 331 g/mol. The van der Waals surface area contributed by atoms with Gasteiger partial charge >= 0.3 is 0 Å². The molecule has 0 atom stereocenters. The maximum atomic E-state index is 12.8. The molecule has 0 aliphatic rings. The highest BCUT2D eigenvalue weighted by Crippen LogP contribution is 2.30. The lowest BCUT2D eigenvalue weighted by molar-refractivity contribution is 0.306. The summed E-state index contributed by atoms with van der Waals surface area (Å²) >= 11 is 5.92. The van der Waals surface area contributed by atoms with Crippen molar-refractivity contribution < 1.29 is 13.5 Å². The number of sulfonamides is 1. The molecule has 1 aromatic heterocycles. The van der Waals surface area contributed by atoms with Crippen molar-refractivity contribution >= 4 is 33.0 Å². The van der Waals surface area contributed by atoms with E-state index in [2.05, 4.69) is 5.10 Å². The number of benzene rings is 1. The molecule has 0 saturated carbocycles. The first-order valence-corrected chi connectivity index (χ1v) is 7.87. The number of nitrogens with two attached hydrogens (primary N) is 1. The first kappa shape index (κ1) is 15.6. The molecule has 2 rings (SSSR count). The van der Waals surface area contributed by atoms with Crippen LogP contribution in [0.4, 0.5) is 11.4 Å². The van der Waals surface area contributed by atoms with Crippen LogP contribution in [0.1, 0.15) is 0 Å². The lowest BCUT2D eigenvalue weighted by atomic mass is 10.3. The molecule has 0 unspecified atom stereocenters. The fourth-order valence-electron chi connectivity index (χ4n) is 1.97. The van der Waals surface area contributed by atoms with Gasteiger partial charge in [0.15, 0.2) is 5.03 Å². The number of halogens is 1. The van der Waals surface area contributed by atoms with Crippen molar-refractivity contribution in [3.8, 4) is 0 Å². The first-order valence-electron chi connectivity index (χ1n) is 6.05. The number of nitrogens with zero attached hydrogens (tertiary/aromatic N) is 3. The minimum absolute atomic E-state index is 0.00921. The van der Waals surface area contributed by atoms with Crippen molar-refractivity contribution in [2.45, 2.75) is 5.03 Å². The Morgan fingerprint density at radius 2 is 2.10 bits per heavy atom. The summed E-state index contributed by atoms with van der Waals surface area (Å²) in [6.45, 7) is -0.499. The van der Waals surface area contributed by atoms with Crippen LogP contribution in [-0.2, 0) is 17.1 Å². The molecule has 0 aliphatic heterocycles. The van der Waals surface area contributed by atoms with Gasteiger partial charge in [-0.15, -0.1) is 0 Å². The quantitative estimate of drug-likeness (QED) is 0.791. The Hall–Kier alpha value is -1.77. The van der Waals surface area contributed by atoms with E-state index in [-0.39, 0.29) is 34.6 Å². The molecule has 114 valence electrons. The second-order valence-corrected chi connectivity index (χ2v) is 6.47. The van der Waals surface area contributed by atoms with Crippen LogP contribution in [0.15, 0.2) is 35.5 Å². The van der Waals surface area contributed by atoms with Crippen LogP contribution in [0, 0.1) is 0 Å². The molecule has 0 radical (unpaired) electrons. The summed E-state index contributed by atoms with van der Waals surface area (Å²) in [5, 5.41) is 12.9. The molecule has 0 bridgehead atoms. The Balaban J connectivity index is 2.60. The van der Waals surface area contributed by atoms with Gasteiger partial charge in [-0.1, -0.05) is 23.7 Å². The van der Waals surface area contributed by atoms with Gasteiger partial charge in [-0.3, -0.25) is 8.99 Å². The Morgan fingerprint density at radius 3 is 2.62 bits per heavy atom. The predicted octanol–water partition coefficient (Wildman–Crippen LogP) is 0.843. The SMILES string of the molecule is Cn1ncc(Cl)c1S(=O)(=O)N(CCO)c1ccccc1N. The van der Waals surface area contributed by atoms with Gasteiger partial charge in [0.05, 0.1) is 35.7 Å². The lowest BCUT2D eigenvalue weighted by Crippen LogP contribution is -2.35. The zero-order valence-electron chi connectivity index (χ0n) is 11.3. The van der Waals surface area contributed by atoms with Gasteiger partial charge in [-0.25, -0.2) is 0 Å². The number of aromatic nitrogens is 2. The van der Waals surface area contributed by atoms with Crippen molar-refractivity contribution in [1.29, 1.82) is 0 Å². The van der Waals surface area contributed by atoms with Gasteiger partial charge in [0.25, 0.3) is 10.0 Å². The van der Waals surface area contributed by atoms with Crippen molar-refractivity contribution in [3.05, 3.63) is 35.5 Å². The lowest BCUT2D eigenvalue weighted by Gasteiger charge is -2.24. The number of rotatable bonds is 5. The topological polar surface area (TPSA) is 101 Å². The van der Waals surface area contributed by atoms with E-state index in [4.69, 9.17) is 17.3 Å². The molecule has 0 aliphatic carbocycles. The van der Waals surface area contributed by atoms with Crippen molar-refractivity contribution in [2.75, 3.05) is 23.2 Å². The summed E-state index contributed by atoms with van der Waals surface area (Å²) in [7, 11) is -2.52. The molecule has 1 aromatic carbocycles. The third-order valence-corrected chi connectivity index (χ3v) is 5.21. The normalized spacial score (nSPS) is 11.6. The molecule has 1 heterocycles. The molecule has 9 heteroatoms. The van der Waals surface area contributed by atoms with E-state index in [0.29, 0.717) is 0 Å². The van der Waals surface area contributed by atoms with E-state index in [1.54, 1.807) is 24.3 Å². The van der Waals surface area contributed by atoms with Gasteiger partial charge < -0.3 is 10.8 Å². The van der Waals surface area contributed by atoms with Crippen LogP contribution in [0.25, 0.3) is 0 Å². The predicted molar refractivity (Wildman–Crippen MR) is 80.7 cm³/mol. The molecule has 0 saturated heterocycles. The van der Waals surface area contributed by atoms with Crippen LogP contribution in [0.3, 0.4) is 0 Å². The van der Waals surface area contributed by atoms with Crippen LogP contribution in [0.5, 0.6) is 0 Å². The minimum Gasteiger partial charge on any atom is -0.397 e. The van der Waals surface area contributed by atoms with E-state index in [1.807, 2.05) is 0 Å². The van der Waals surface area contributed by atoms with Crippen LogP contribution in [0.2, 0.25) is 5.02 Å². The van der Waals surface area contributed by atoms with E-state index in [0.717, 1.165) is 4.31 Å². The highest BCUT2D eigenvalue weighted by atomic mass is 35.5. The molecular formula is C12H15ClN4O3S. The molecule has 3 N–H and O–H groups in total. The van der Waals surface area contributed by atoms with Gasteiger partial charge in [0.2, 0.25) is 0 Å². The second-order valence-electron chi connectivity index (χ2n) is 4.28. The Bertz CT molecular complexity index is 725. The minimum atomic E-state index is -3.99. The maximum absolute atomic E-state index is 12.8. The van der Waals surface area contributed by atoms with Crippen LogP contribution in [-0.4, -0.2) is 36.5 Å². The number of aliphatic hydroxyl groups excluding tert-OH is 1. The summed E-state index contributed by atoms with van der Waals surface area (Å²) in [6, 6.07) is 6.50. The fourth-order valence-corrected chi connectivity index (χ4v) is 4.06. The molecular weight excluding hydrogens is 316 g/mol. The third kappa shape index (κ3) is 2.82. The molecule has 2 aromatic rings. The Morgan fingerprint density at radius 1 is 1.43 bits per heavy atom. The number of aliphatic hydroxyl groups is 1. The number of para-hydroxylation sites is 2. The fraction of sp³-hybridized carbons (Fsp3) is 0.250. The number of anilines is 2. The van der Waals surface area contributed by atoms with E-state index in [9.17, 15) is 13.5 Å². The van der Waals surface area contributed by atoms with E-state index in [1.165, 1.54) is 17.9 Å². The average Bonchev–Trinajstić information content (AvgIpc) is 2.77. The van der Waals surface area contributed by atoms with Gasteiger partial charge in [-0.05, 0) is 12.1 Å². The summed E-state index contributed by atoms with van der Waals surface area (Å²) in [6.07, 6.45) is 1.25. The third-order valence-electron chi connectivity index (χ3n) is 2.89. The first-order chi connectivity index (χ1) is 9.89. The highest BCUT2D eigenvalue weighted by Gasteiger charge is 2.31. The molecule has 21 heavy (non-hydrogen) atoms. The van der Waals surface area contributed by atoms with Crippen LogP contribution >= 0.6 is 11.6 Å².